The number of aryl methyl sites for hydroxylation is 2. The lowest BCUT2D eigenvalue weighted by Crippen LogP contribution is -2.20. The molecule has 0 spiro atoms. The summed E-state index contributed by atoms with van der Waals surface area (Å²) in [5.74, 6) is 1.56. The van der Waals surface area contributed by atoms with Gasteiger partial charge in [-0.15, -0.1) is 12.4 Å². The van der Waals surface area contributed by atoms with Crippen molar-refractivity contribution < 1.29 is 14.4 Å². The lowest BCUT2D eigenvalue weighted by molar-refractivity contribution is 0.307. The average Bonchev–Trinajstić information content (AvgIpc) is 2.63. The molecule has 1 heterocycles. The summed E-state index contributed by atoms with van der Waals surface area (Å²) in [6.45, 7) is 3.92. The van der Waals surface area contributed by atoms with Gasteiger partial charge in [0, 0.05) is 5.56 Å². The Kier molecular flexibility index (Phi) is 4.44. The highest BCUT2D eigenvalue weighted by Crippen LogP contribution is 2.32. The number of hydrogen-bond donors (Lipinski definition) is 2. The third-order valence-electron chi connectivity index (χ3n) is 2.66. The summed E-state index contributed by atoms with van der Waals surface area (Å²) in [5.41, 5.74) is 7.17. The van der Waals surface area contributed by atoms with E-state index in [9.17, 15) is 0 Å². The van der Waals surface area contributed by atoms with Gasteiger partial charge in [0.1, 0.15) is 23.7 Å². The molecule has 0 fully saturated rings. The number of nitrogens with zero attached hydrogens (tertiary/aromatic N) is 1. The SMILES string of the molecule is Cc1oc2cccc(OCC(N)=NO)c2c1C.Cl. The molecule has 6 heteroatoms. The molecule has 0 aliphatic heterocycles. The number of ether oxygens (including phenoxy) is 1. The molecule has 0 radical (unpaired) electrons. The Bertz CT molecular complexity index is 578. The molecule has 0 aliphatic carbocycles. The molecular weight excluding hydrogens is 256 g/mol. The van der Waals surface area contributed by atoms with Crippen molar-refractivity contribution >= 4 is 29.2 Å². The predicted molar refractivity (Wildman–Crippen MR) is 71.8 cm³/mol. The zero-order valence-electron chi connectivity index (χ0n) is 10.1. The number of nitrogens with two attached hydrogens (primary N) is 1. The van der Waals surface area contributed by atoms with Crippen LogP contribution in [-0.4, -0.2) is 17.6 Å². The standard InChI is InChI=1S/C12H14N2O3.ClH/c1-7-8(2)17-10-5-3-4-9(12(7)10)16-6-11(13)14-15;/h3-5,15H,6H2,1-2H3,(H2,13,14);1H. The second-order valence-corrected chi connectivity index (χ2v) is 3.79. The Hall–Kier alpha value is -1.88. The van der Waals surface area contributed by atoms with Crippen molar-refractivity contribution in [3.05, 3.63) is 29.5 Å². The van der Waals surface area contributed by atoms with E-state index in [1.54, 1.807) is 0 Å². The number of rotatable bonds is 3. The maximum atomic E-state index is 8.45. The van der Waals surface area contributed by atoms with Crippen molar-refractivity contribution in [3.63, 3.8) is 0 Å². The van der Waals surface area contributed by atoms with E-state index in [-0.39, 0.29) is 24.8 Å². The van der Waals surface area contributed by atoms with Crippen LogP contribution in [0.1, 0.15) is 11.3 Å². The Morgan fingerprint density at radius 1 is 1.44 bits per heavy atom. The molecule has 98 valence electrons. The molecule has 0 atom stereocenters. The molecule has 2 aromatic rings. The molecule has 0 unspecified atom stereocenters. The van der Waals surface area contributed by atoms with Crippen LogP contribution in [0.5, 0.6) is 5.75 Å². The second kappa shape index (κ2) is 5.64. The van der Waals surface area contributed by atoms with Gasteiger partial charge in [0.25, 0.3) is 0 Å². The van der Waals surface area contributed by atoms with Gasteiger partial charge in [-0.3, -0.25) is 0 Å². The summed E-state index contributed by atoms with van der Waals surface area (Å²) in [4.78, 5) is 0. The third-order valence-corrected chi connectivity index (χ3v) is 2.66. The fraction of sp³-hybridized carbons (Fsp3) is 0.250. The predicted octanol–water partition coefficient (Wildman–Crippen LogP) is 2.60. The van der Waals surface area contributed by atoms with Crippen molar-refractivity contribution in [2.75, 3.05) is 6.61 Å². The van der Waals surface area contributed by atoms with Crippen LogP contribution in [0.25, 0.3) is 11.0 Å². The maximum absolute atomic E-state index is 8.45. The van der Waals surface area contributed by atoms with E-state index < -0.39 is 0 Å². The molecule has 0 aliphatic rings. The van der Waals surface area contributed by atoms with Crippen molar-refractivity contribution in [1.82, 2.24) is 0 Å². The first-order valence-corrected chi connectivity index (χ1v) is 5.21. The van der Waals surface area contributed by atoms with E-state index in [0.717, 1.165) is 22.3 Å². The van der Waals surface area contributed by atoms with Gasteiger partial charge in [0.2, 0.25) is 0 Å². The van der Waals surface area contributed by atoms with Crippen LogP contribution in [0.15, 0.2) is 27.8 Å². The molecule has 1 aromatic carbocycles. The fourth-order valence-corrected chi connectivity index (χ4v) is 1.68. The van der Waals surface area contributed by atoms with E-state index in [1.807, 2.05) is 32.0 Å². The first-order valence-electron chi connectivity index (χ1n) is 5.21. The lowest BCUT2D eigenvalue weighted by atomic mass is 10.1. The minimum atomic E-state index is 0. The average molecular weight is 271 g/mol. The second-order valence-electron chi connectivity index (χ2n) is 3.79. The normalized spacial score (nSPS) is 11.3. The number of furan rings is 1. The van der Waals surface area contributed by atoms with Crippen LogP contribution in [0.2, 0.25) is 0 Å². The maximum Gasteiger partial charge on any atom is 0.177 e. The Balaban J connectivity index is 0.00000162. The van der Waals surface area contributed by atoms with Gasteiger partial charge >= 0.3 is 0 Å². The summed E-state index contributed by atoms with van der Waals surface area (Å²) in [6, 6.07) is 5.55. The minimum Gasteiger partial charge on any atom is -0.485 e. The van der Waals surface area contributed by atoms with E-state index >= 15 is 0 Å². The summed E-state index contributed by atoms with van der Waals surface area (Å²) in [5, 5.41) is 12.2. The Morgan fingerprint density at radius 2 is 2.17 bits per heavy atom. The monoisotopic (exact) mass is 270 g/mol. The molecule has 5 nitrogen and oxygen atoms in total. The number of amidine groups is 1. The molecule has 3 N–H and O–H groups in total. The first kappa shape index (κ1) is 14.2. The number of fused-ring (bicyclic) bond motifs is 1. The van der Waals surface area contributed by atoms with Crippen LogP contribution in [0, 0.1) is 13.8 Å². The number of halogens is 1. The van der Waals surface area contributed by atoms with E-state index in [1.165, 1.54) is 0 Å². The minimum absolute atomic E-state index is 0. The highest BCUT2D eigenvalue weighted by atomic mass is 35.5. The van der Waals surface area contributed by atoms with E-state index in [0.29, 0.717) is 5.75 Å². The summed E-state index contributed by atoms with van der Waals surface area (Å²) >= 11 is 0. The van der Waals surface area contributed by atoms with Gasteiger partial charge in [-0.1, -0.05) is 11.2 Å². The van der Waals surface area contributed by atoms with Gasteiger partial charge in [0.15, 0.2) is 5.84 Å². The van der Waals surface area contributed by atoms with Crippen molar-refractivity contribution in [2.24, 2.45) is 10.9 Å². The fourth-order valence-electron chi connectivity index (χ4n) is 1.68. The first-order chi connectivity index (χ1) is 8.13. The largest absolute Gasteiger partial charge is 0.485 e. The Labute approximate surface area is 111 Å². The van der Waals surface area contributed by atoms with Gasteiger partial charge in [-0.05, 0) is 26.0 Å². The van der Waals surface area contributed by atoms with Crippen LogP contribution < -0.4 is 10.5 Å². The summed E-state index contributed by atoms with van der Waals surface area (Å²) < 4.78 is 11.1. The van der Waals surface area contributed by atoms with Crippen LogP contribution >= 0.6 is 12.4 Å². The summed E-state index contributed by atoms with van der Waals surface area (Å²) in [6.07, 6.45) is 0. The van der Waals surface area contributed by atoms with E-state index in [2.05, 4.69) is 5.16 Å². The number of oxime groups is 1. The molecule has 0 saturated carbocycles. The van der Waals surface area contributed by atoms with Crippen molar-refractivity contribution in [3.8, 4) is 5.75 Å². The zero-order chi connectivity index (χ0) is 12.4. The smallest absolute Gasteiger partial charge is 0.177 e. The molecule has 0 saturated heterocycles. The molecular formula is C12H15ClN2O3. The van der Waals surface area contributed by atoms with Gasteiger partial charge < -0.3 is 20.1 Å². The third kappa shape index (κ3) is 2.51. The van der Waals surface area contributed by atoms with Gasteiger partial charge in [-0.2, -0.15) is 0 Å². The van der Waals surface area contributed by atoms with Gasteiger partial charge in [-0.25, -0.2) is 0 Å². The van der Waals surface area contributed by atoms with E-state index in [4.69, 9.17) is 20.1 Å². The topological polar surface area (TPSA) is 81.0 Å². The van der Waals surface area contributed by atoms with Crippen LogP contribution in [0.3, 0.4) is 0 Å². The molecule has 0 bridgehead atoms. The molecule has 2 rings (SSSR count). The zero-order valence-corrected chi connectivity index (χ0v) is 11.0. The molecule has 1 aromatic heterocycles. The van der Waals surface area contributed by atoms with Crippen LogP contribution in [0.4, 0.5) is 0 Å². The molecule has 0 amide bonds. The highest BCUT2D eigenvalue weighted by Gasteiger charge is 2.12. The lowest BCUT2D eigenvalue weighted by Gasteiger charge is -2.06. The Morgan fingerprint density at radius 3 is 2.83 bits per heavy atom. The number of hydrogen-bond acceptors (Lipinski definition) is 4. The number of benzene rings is 1. The highest BCUT2D eigenvalue weighted by molar-refractivity contribution is 5.89. The van der Waals surface area contributed by atoms with Crippen LogP contribution in [-0.2, 0) is 0 Å². The molecule has 18 heavy (non-hydrogen) atoms. The van der Waals surface area contributed by atoms with Crippen molar-refractivity contribution in [1.29, 1.82) is 0 Å². The quantitative estimate of drug-likeness (QED) is 0.389. The van der Waals surface area contributed by atoms with Gasteiger partial charge in [0.05, 0.1) is 5.39 Å². The summed E-state index contributed by atoms with van der Waals surface area (Å²) in [7, 11) is 0. The van der Waals surface area contributed by atoms with Crippen molar-refractivity contribution in [2.45, 2.75) is 13.8 Å².